The Hall–Kier alpha value is -0.870. The van der Waals surface area contributed by atoms with Gasteiger partial charge in [0.05, 0.1) is 0 Å². The molecule has 1 atom stereocenters. The molecule has 2 N–H and O–H groups in total. The minimum Gasteiger partial charge on any atom is -0.480 e. The quantitative estimate of drug-likeness (QED) is 0.804. The number of aryl methyl sites for hydroxylation is 1. The number of carboxylic acid groups (broad SMARTS) is 1. The van der Waals surface area contributed by atoms with Gasteiger partial charge < -0.3 is 5.11 Å². The molecule has 0 fully saturated rings. The van der Waals surface area contributed by atoms with Crippen LogP contribution >= 0.6 is 11.3 Å². The van der Waals surface area contributed by atoms with Crippen LogP contribution in [0.25, 0.3) is 0 Å². The van der Waals surface area contributed by atoms with Crippen molar-refractivity contribution in [2.24, 2.45) is 5.92 Å². The molecule has 1 aromatic rings. The van der Waals surface area contributed by atoms with Gasteiger partial charge in [0, 0.05) is 16.3 Å². The summed E-state index contributed by atoms with van der Waals surface area (Å²) in [4.78, 5) is 13.5. The van der Waals surface area contributed by atoms with Gasteiger partial charge in [0.15, 0.2) is 0 Å². The van der Waals surface area contributed by atoms with Crippen molar-refractivity contribution in [3.63, 3.8) is 0 Å². The van der Waals surface area contributed by atoms with Gasteiger partial charge in [-0.3, -0.25) is 10.1 Å². The Morgan fingerprint density at radius 1 is 1.44 bits per heavy atom. The molecule has 0 radical (unpaired) electrons. The van der Waals surface area contributed by atoms with E-state index in [9.17, 15) is 4.79 Å². The molecule has 0 amide bonds. The monoisotopic (exact) mass is 241 g/mol. The van der Waals surface area contributed by atoms with Crippen LogP contribution in [-0.2, 0) is 17.8 Å². The topological polar surface area (TPSA) is 49.3 Å². The van der Waals surface area contributed by atoms with Gasteiger partial charge in [-0.15, -0.1) is 11.3 Å². The molecule has 0 saturated carbocycles. The maximum atomic E-state index is 11.0. The van der Waals surface area contributed by atoms with Crippen molar-refractivity contribution in [1.82, 2.24) is 5.32 Å². The molecule has 3 nitrogen and oxygen atoms in total. The zero-order valence-corrected chi connectivity index (χ0v) is 10.8. The van der Waals surface area contributed by atoms with Crippen LogP contribution in [-0.4, -0.2) is 17.1 Å². The highest BCUT2D eigenvalue weighted by Crippen LogP contribution is 2.17. The van der Waals surface area contributed by atoms with Crippen LogP contribution in [0.1, 0.15) is 30.5 Å². The summed E-state index contributed by atoms with van der Waals surface area (Å²) in [6.45, 7) is 6.59. The van der Waals surface area contributed by atoms with E-state index >= 15 is 0 Å². The van der Waals surface area contributed by atoms with Crippen LogP contribution < -0.4 is 5.32 Å². The second kappa shape index (κ2) is 6.01. The molecule has 90 valence electrons. The smallest absolute Gasteiger partial charge is 0.320 e. The van der Waals surface area contributed by atoms with Crippen molar-refractivity contribution < 1.29 is 9.90 Å². The van der Waals surface area contributed by atoms with E-state index < -0.39 is 12.0 Å². The average molecular weight is 241 g/mol. The summed E-state index contributed by atoms with van der Waals surface area (Å²) in [7, 11) is 0. The van der Waals surface area contributed by atoms with Gasteiger partial charge >= 0.3 is 5.97 Å². The van der Waals surface area contributed by atoms with Crippen LogP contribution in [0.4, 0.5) is 0 Å². The van der Waals surface area contributed by atoms with Gasteiger partial charge in [0.1, 0.15) is 6.04 Å². The summed E-state index contributed by atoms with van der Waals surface area (Å²) in [5.41, 5.74) is 0. The van der Waals surface area contributed by atoms with Crippen LogP contribution in [0.5, 0.6) is 0 Å². The fraction of sp³-hybridized carbons (Fsp3) is 0.583. The lowest BCUT2D eigenvalue weighted by atomic mass is 10.1. The molecule has 1 unspecified atom stereocenters. The lowest BCUT2D eigenvalue weighted by molar-refractivity contribution is -0.140. The van der Waals surface area contributed by atoms with Gasteiger partial charge in [-0.05, 0) is 24.5 Å². The molecule has 16 heavy (non-hydrogen) atoms. The number of thiophene rings is 1. The molecular formula is C12H19NO2S. The standard InChI is InChI=1S/C12H19NO2S/c1-4-9-5-6-10(16-9)7-13-11(8(2)3)12(14)15/h5-6,8,11,13H,4,7H2,1-3H3,(H,14,15). The second-order valence-corrected chi connectivity index (χ2v) is 5.42. The highest BCUT2D eigenvalue weighted by Gasteiger charge is 2.20. The number of aliphatic carboxylic acids is 1. The van der Waals surface area contributed by atoms with Crippen LogP contribution in [0.2, 0.25) is 0 Å². The van der Waals surface area contributed by atoms with Crippen molar-refractivity contribution in [2.45, 2.75) is 39.8 Å². The first-order chi connectivity index (χ1) is 7.54. The summed E-state index contributed by atoms with van der Waals surface area (Å²) in [6, 6.07) is 3.70. The number of hydrogen-bond acceptors (Lipinski definition) is 3. The average Bonchev–Trinajstić information content (AvgIpc) is 2.65. The minimum atomic E-state index is -0.776. The first-order valence-corrected chi connectivity index (χ1v) is 6.40. The van der Waals surface area contributed by atoms with Gasteiger partial charge in [0.25, 0.3) is 0 Å². The Morgan fingerprint density at radius 3 is 2.50 bits per heavy atom. The van der Waals surface area contributed by atoms with E-state index in [0.717, 1.165) is 6.42 Å². The zero-order chi connectivity index (χ0) is 12.1. The third kappa shape index (κ3) is 3.61. The fourth-order valence-corrected chi connectivity index (χ4v) is 2.43. The van der Waals surface area contributed by atoms with E-state index in [1.54, 1.807) is 11.3 Å². The summed E-state index contributed by atoms with van der Waals surface area (Å²) in [5.74, 6) is -0.676. The molecule has 0 saturated heterocycles. The predicted molar refractivity (Wildman–Crippen MR) is 66.8 cm³/mol. The summed E-state index contributed by atoms with van der Waals surface area (Å²) in [5, 5.41) is 12.1. The van der Waals surface area contributed by atoms with Crippen molar-refractivity contribution in [1.29, 1.82) is 0 Å². The number of carboxylic acids is 1. The van der Waals surface area contributed by atoms with Crippen molar-refractivity contribution in [2.75, 3.05) is 0 Å². The fourth-order valence-electron chi connectivity index (χ4n) is 1.53. The molecule has 4 heteroatoms. The molecule has 1 aromatic heterocycles. The molecule has 1 rings (SSSR count). The lowest BCUT2D eigenvalue weighted by Gasteiger charge is -2.17. The predicted octanol–water partition coefficient (Wildman–Crippen LogP) is 2.51. The third-order valence-electron chi connectivity index (χ3n) is 2.49. The van der Waals surface area contributed by atoms with E-state index in [1.807, 2.05) is 13.8 Å². The number of carbonyl (C=O) groups is 1. The summed E-state index contributed by atoms with van der Waals surface area (Å²) >= 11 is 1.74. The van der Waals surface area contributed by atoms with Gasteiger partial charge in [-0.25, -0.2) is 0 Å². The van der Waals surface area contributed by atoms with Crippen molar-refractivity contribution in [3.8, 4) is 0 Å². The maximum absolute atomic E-state index is 11.0. The van der Waals surface area contributed by atoms with Crippen molar-refractivity contribution >= 4 is 17.3 Å². The molecule has 0 aliphatic rings. The zero-order valence-electron chi connectivity index (χ0n) is 9.99. The highest BCUT2D eigenvalue weighted by atomic mass is 32.1. The highest BCUT2D eigenvalue weighted by molar-refractivity contribution is 7.11. The Morgan fingerprint density at radius 2 is 2.06 bits per heavy atom. The Bertz CT molecular complexity index is 347. The summed E-state index contributed by atoms with van der Waals surface area (Å²) < 4.78 is 0. The first kappa shape index (κ1) is 13.2. The normalized spacial score (nSPS) is 13.0. The van der Waals surface area contributed by atoms with Gasteiger partial charge in [-0.1, -0.05) is 20.8 Å². The maximum Gasteiger partial charge on any atom is 0.320 e. The molecule has 0 bridgehead atoms. The Kier molecular flexibility index (Phi) is 4.96. The first-order valence-electron chi connectivity index (χ1n) is 5.58. The summed E-state index contributed by atoms with van der Waals surface area (Å²) in [6.07, 6.45) is 1.04. The van der Waals surface area contributed by atoms with E-state index in [1.165, 1.54) is 9.75 Å². The number of rotatable bonds is 6. The van der Waals surface area contributed by atoms with Crippen LogP contribution in [0.3, 0.4) is 0 Å². The van der Waals surface area contributed by atoms with Crippen LogP contribution in [0, 0.1) is 5.92 Å². The molecule has 1 heterocycles. The molecule has 0 aliphatic heterocycles. The van der Waals surface area contributed by atoms with E-state index in [4.69, 9.17) is 5.11 Å². The van der Waals surface area contributed by atoms with Crippen LogP contribution in [0.15, 0.2) is 12.1 Å². The molecule has 0 spiro atoms. The SMILES string of the molecule is CCc1ccc(CNC(C(=O)O)C(C)C)s1. The van der Waals surface area contributed by atoms with Gasteiger partial charge in [-0.2, -0.15) is 0 Å². The lowest BCUT2D eigenvalue weighted by Crippen LogP contribution is -2.40. The van der Waals surface area contributed by atoms with Gasteiger partial charge in [0.2, 0.25) is 0 Å². The molecular weight excluding hydrogens is 222 g/mol. The van der Waals surface area contributed by atoms with Crippen molar-refractivity contribution in [3.05, 3.63) is 21.9 Å². The molecule has 0 aliphatic carbocycles. The largest absolute Gasteiger partial charge is 0.480 e. The third-order valence-corrected chi connectivity index (χ3v) is 3.72. The van der Waals surface area contributed by atoms with E-state index in [-0.39, 0.29) is 5.92 Å². The second-order valence-electron chi connectivity index (χ2n) is 4.16. The minimum absolute atomic E-state index is 0.100. The Balaban J connectivity index is 2.52. The molecule has 0 aromatic carbocycles. The van der Waals surface area contributed by atoms with E-state index in [2.05, 4.69) is 24.4 Å². The Labute approximate surface area is 100 Å². The van der Waals surface area contributed by atoms with E-state index in [0.29, 0.717) is 6.54 Å². The number of hydrogen-bond donors (Lipinski definition) is 2. The number of nitrogens with one attached hydrogen (secondary N) is 1.